The molecule has 0 aliphatic rings. The molecule has 21 heavy (non-hydrogen) atoms. The molecule has 122 valence electrons. The number of aryl methyl sites for hydroxylation is 1. The van der Waals surface area contributed by atoms with Gasteiger partial charge in [-0.2, -0.15) is 0 Å². The Morgan fingerprint density at radius 2 is 2.05 bits per heavy atom. The molecule has 1 heterocycles. The molecule has 0 aromatic carbocycles. The zero-order valence-corrected chi connectivity index (χ0v) is 14.7. The third-order valence-corrected chi connectivity index (χ3v) is 3.68. The van der Waals surface area contributed by atoms with E-state index in [0.717, 1.165) is 37.8 Å². The summed E-state index contributed by atoms with van der Waals surface area (Å²) in [6.07, 6.45) is 0. The van der Waals surface area contributed by atoms with Crippen molar-refractivity contribution in [2.45, 2.75) is 66.2 Å². The monoisotopic (exact) mass is 296 g/mol. The molecule has 1 unspecified atom stereocenters. The van der Waals surface area contributed by atoms with Crippen LogP contribution in [0.4, 0.5) is 0 Å². The van der Waals surface area contributed by atoms with Gasteiger partial charge in [0, 0.05) is 30.8 Å². The predicted octanol–water partition coefficient (Wildman–Crippen LogP) is 3.33. The van der Waals surface area contributed by atoms with E-state index < -0.39 is 0 Å². The summed E-state index contributed by atoms with van der Waals surface area (Å²) in [5.74, 6) is 2.04. The van der Waals surface area contributed by atoms with Gasteiger partial charge in [0.15, 0.2) is 0 Å². The summed E-state index contributed by atoms with van der Waals surface area (Å²) in [5.41, 5.74) is 1.36. The summed E-state index contributed by atoms with van der Waals surface area (Å²) < 4.78 is 11.2. The van der Waals surface area contributed by atoms with E-state index in [-0.39, 0.29) is 5.54 Å². The number of likely N-dealkylation sites (N-methyl/N-ethyl adjacent to an activating group) is 1. The number of nitrogens with zero attached hydrogens (tertiary/aromatic N) is 1. The molecule has 1 aromatic rings. The van der Waals surface area contributed by atoms with Crippen LogP contribution in [0.2, 0.25) is 0 Å². The summed E-state index contributed by atoms with van der Waals surface area (Å²) >= 11 is 0. The summed E-state index contributed by atoms with van der Waals surface area (Å²) in [5, 5.41) is 3.51. The quantitative estimate of drug-likeness (QED) is 0.798. The molecule has 0 saturated carbocycles. The van der Waals surface area contributed by atoms with Gasteiger partial charge in [-0.1, -0.05) is 6.92 Å². The van der Waals surface area contributed by atoms with E-state index in [1.54, 1.807) is 7.11 Å². The van der Waals surface area contributed by atoms with Crippen molar-refractivity contribution in [1.82, 2.24) is 10.2 Å². The zero-order chi connectivity index (χ0) is 16.0. The number of ether oxygens (including phenoxy) is 1. The molecule has 1 N–H and O–H groups in total. The first-order valence-corrected chi connectivity index (χ1v) is 7.83. The minimum atomic E-state index is 0.117. The standard InChI is InChI=1S/C17H32N2O2/c1-8-19(13(2)12-20-7)11-16-9-15(14(3)21-16)10-18-17(4,5)6/h9,13,18H,8,10-12H2,1-7H3. The SMILES string of the molecule is CCN(Cc1cc(CNC(C)(C)C)c(C)o1)C(C)COC. The second-order valence-corrected chi connectivity index (χ2v) is 6.77. The molecule has 4 nitrogen and oxygen atoms in total. The third-order valence-electron chi connectivity index (χ3n) is 3.68. The third kappa shape index (κ3) is 6.20. The number of methoxy groups -OCH3 is 1. The highest BCUT2D eigenvalue weighted by Gasteiger charge is 2.16. The average molecular weight is 296 g/mol. The molecule has 0 saturated heterocycles. The summed E-state index contributed by atoms with van der Waals surface area (Å²) in [7, 11) is 1.75. The molecular formula is C17H32N2O2. The Morgan fingerprint density at radius 1 is 1.38 bits per heavy atom. The topological polar surface area (TPSA) is 37.6 Å². The number of hydrogen-bond donors (Lipinski definition) is 1. The van der Waals surface area contributed by atoms with Crippen LogP contribution in [-0.2, 0) is 17.8 Å². The minimum Gasteiger partial charge on any atom is -0.465 e. The van der Waals surface area contributed by atoms with Crippen molar-refractivity contribution >= 4 is 0 Å². The van der Waals surface area contributed by atoms with Crippen LogP contribution >= 0.6 is 0 Å². The van der Waals surface area contributed by atoms with Crippen LogP contribution in [0.1, 0.15) is 51.7 Å². The molecule has 0 amide bonds. The van der Waals surface area contributed by atoms with Gasteiger partial charge in [-0.15, -0.1) is 0 Å². The summed E-state index contributed by atoms with van der Waals surface area (Å²) in [4.78, 5) is 2.36. The van der Waals surface area contributed by atoms with E-state index >= 15 is 0 Å². The van der Waals surface area contributed by atoms with Crippen molar-refractivity contribution in [3.05, 3.63) is 23.2 Å². The molecule has 0 spiro atoms. The molecule has 1 aromatic heterocycles. The van der Waals surface area contributed by atoms with Gasteiger partial charge in [0.1, 0.15) is 11.5 Å². The van der Waals surface area contributed by atoms with Gasteiger partial charge < -0.3 is 14.5 Å². The lowest BCUT2D eigenvalue weighted by Crippen LogP contribution is -2.35. The van der Waals surface area contributed by atoms with Crippen LogP contribution < -0.4 is 5.32 Å². The Bertz CT molecular complexity index is 421. The van der Waals surface area contributed by atoms with E-state index in [9.17, 15) is 0 Å². The van der Waals surface area contributed by atoms with Crippen LogP contribution in [0, 0.1) is 6.92 Å². The lowest BCUT2D eigenvalue weighted by atomic mass is 10.1. The molecule has 1 rings (SSSR count). The fourth-order valence-corrected chi connectivity index (χ4v) is 2.33. The van der Waals surface area contributed by atoms with Crippen LogP contribution in [0.25, 0.3) is 0 Å². The highest BCUT2D eigenvalue weighted by molar-refractivity contribution is 5.21. The Morgan fingerprint density at radius 3 is 2.57 bits per heavy atom. The smallest absolute Gasteiger partial charge is 0.118 e. The van der Waals surface area contributed by atoms with Gasteiger partial charge in [0.25, 0.3) is 0 Å². The Hall–Kier alpha value is -0.840. The molecule has 0 bridgehead atoms. The second-order valence-electron chi connectivity index (χ2n) is 6.77. The van der Waals surface area contributed by atoms with Gasteiger partial charge in [0.2, 0.25) is 0 Å². The molecule has 4 heteroatoms. The van der Waals surface area contributed by atoms with Crippen molar-refractivity contribution in [1.29, 1.82) is 0 Å². The van der Waals surface area contributed by atoms with Crippen molar-refractivity contribution in [3.63, 3.8) is 0 Å². The molecule has 0 aliphatic carbocycles. The fourth-order valence-electron chi connectivity index (χ4n) is 2.33. The predicted molar refractivity (Wildman–Crippen MR) is 87.5 cm³/mol. The lowest BCUT2D eigenvalue weighted by molar-refractivity contribution is 0.0934. The maximum Gasteiger partial charge on any atom is 0.118 e. The summed E-state index contributed by atoms with van der Waals surface area (Å²) in [6, 6.07) is 2.57. The van der Waals surface area contributed by atoms with E-state index in [4.69, 9.17) is 9.15 Å². The number of nitrogens with one attached hydrogen (secondary N) is 1. The zero-order valence-electron chi connectivity index (χ0n) is 14.7. The summed E-state index contributed by atoms with van der Waals surface area (Å²) in [6.45, 7) is 16.3. The van der Waals surface area contributed by atoms with E-state index in [1.165, 1.54) is 5.56 Å². The van der Waals surface area contributed by atoms with Gasteiger partial charge >= 0.3 is 0 Å². The number of rotatable bonds is 8. The van der Waals surface area contributed by atoms with Crippen molar-refractivity contribution in [3.8, 4) is 0 Å². The highest BCUT2D eigenvalue weighted by Crippen LogP contribution is 2.18. The second kappa shape index (κ2) is 7.97. The van der Waals surface area contributed by atoms with Gasteiger partial charge in [-0.05, 0) is 47.2 Å². The van der Waals surface area contributed by atoms with Gasteiger partial charge in [-0.25, -0.2) is 0 Å². The van der Waals surface area contributed by atoms with E-state index in [0.29, 0.717) is 6.04 Å². The number of furan rings is 1. The first-order chi connectivity index (χ1) is 9.76. The van der Waals surface area contributed by atoms with E-state index in [2.05, 4.69) is 50.9 Å². The Balaban J connectivity index is 2.67. The van der Waals surface area contributed by atoms with Crippen molar-refractivity contribution < 1.29 is 9.15 Å². The first-order valence-electron chi connectivity index (χ1n) is 7.83. The van der Waals surface area contributed by atoms with Crippen LogP contribution in [0.5, 0.6) is 0 Å². The lowest BCUT2D eigenvalue weighted by Gasteiger charge is -2.26. The Labute approximate surface area is 129 Å². The average Bonchev–Trinajstić information content (AvgIpc) is 2.73. The Kier molecular flexibility index (Phi) is 6.91. The van der Waals surface area contributed by atoms with Gasteiger partial charge in [-0.3, -0.25) is 4.90 Å². The molecule has 0 fully saturated rings. The van der Waals surface area contributed by atoms with Crippen LogP contribution in [0.15, 0.2) is 10.5 Å². The van der Waals surface area contributed by atoms with Crippen molar-refractivity contribution in [2.75, 3.05) is 20.3 Å². The first kappa shape index (κ1) is 18.2. The maximum atomic E-state index is 5.92. The normalized spacial score (nSPS) is 13.9. The van der Waals surface area contributed by atoms with Crippen molar-refractivity contribution in [2.24, 2.45) is 0 Å². The largest absolute Gasteiger partial charge is 0.465 e. The van der Waals surface area contributed by atoms with E-state index in [1.807, 2.05) is 6.92 Å². The maximum absolute atomic E-state index is 5.92. The molecular weight excluding hydrogens is 264 g/mol. The van der Waals surface area contributed by atoms with Gasteiger partial charge in [0.05, 0.1) is 13.2 Å². The van der Waals surface area contributed by atoms with Crippen LogP contribution in [0.3, 0.4) is 0 Å². The molecule has 0 aliphatic heterocycles. The number of hydrogen-bond acceptors (Lipinski definition) is 4. The minimum absolute atomic E-state index is 0.117. The molecule has 1 atom stereocenters. The molecule has 0 radical (unpaired) electrons. The van der Waals surface area contributed by atoms with Crippen LogP contribution in [-0.4, -0.2) is 36.7 Å². The fraction of sp³-hybridized carbons (Fsp3) is 0.765. The highest BCUT2D eigenvalue weighted by atomic mass is 16.5.